The first-order chi connectivity index (χ1) is 20.1. The molecule has 1 N–H and O–H groups in total. The van der Waals surface area contributed by atoms with Gasteiger partial charge in [-0.2, -0.15) is 0 Å². The zero-order valence-electron chi connectivity index (χ0n) is 27.6. The number of hydrogen-bond acceptors (Lipinski definition) is 3. The Balaban J connectivity index is 3.30. The third-order valence-corrected chi connectivity index (χ3v) is 8.26. The molecule has 0 saturated heterocycles. The van der Waals surface area contributed by atoms with E-state index < -0.39 is 17.9 Å². The maximum atomic E-state index is 11.7. The highest BCUT2D eigenvalue weighted by Gasteiger charge is 2.18. The van der Waals surface area contributed by atoms with Gasteiger partial charge in [0.05, 0.1) is 18.9 Å². The Kier molecular flexibility index (Phi) is 32.1. The highest BCUT2D eigenvalue weighted by Crippen LogP contribution is 2.16. The predicted molar refractivity (Wildman–Crippen MR) is 176 cm³/mol. The Morgan fingerprint density at radius 3 is 1.20 bits per heavy atom. The highest BCUT2D eigenvalue weighted by atomic mass is 16.5. The van der Waals surface area contributed by atoms with Crippen molar-refractivity contribution in [2.24, 2.45) is 5.92 Å². The van der Waals surface area contributed by atoms with Crippen LogP contribution in [-0.4, -0.2) is 23.7 Å². The van der Waals surface area contributed by atoms with Crippen molar-refractivity contribution in [3.8, 4) is 0 Å². The number of unbranched alkanes of at least 4 members (excludes halogenated alkanes) is 26. The number of esters is 1. The maximum Gasteiger partial charge on any atom is 0.310 e. The minimum absolute atomic E-state index is 0.0780. The van der Waals surface area contributed by atoms with Crippen LogP contribution in [0.2, 0.25) is 0 Å². The van der Waals surface area contributed by atoms with Gasteiger partial charge in [0.2, 0.25) is 0 Å². The fourth-order valence-corrected chi connectivity index (χ4v) is 5.53. The highest BCUT2D eigenvalue weighted by molar-refractivity contribution is 5.80. The number of carboxylic acids is 1. The van der Waals surface area contributed by atoms with E-state index in [2.05, 4.69) is 6.92 Å². The van der Waals surface area contributed by atoms with Gasteiger partial charge >= 0.3 is 11.9 Å². The van der Waals surface area contributed by atoms with E-state index >= 15 is 0 Å². The molecule has 1 unspecified atom stereocenters. The molecule has 0 aliphatic heterocycles. The summed E-state index contributed by atoms with van der Waals surface area (Å²) in [7, 11) is 0. The molecule has 4 heteroatoms. The van der Waals surface area contributed by atoms with E-state index in [-0.39, 0.29) is 6.42 Å². The van der Waals surface area contributed by atoms with E-state index in [9.17, 15) is 14.7 Å². The van der Waals surface area contributed by atoms with Crippen LogP contribution in [0.5, 0.6) is 0 Å². The van der Waals surface area contributed by atoms with Crippen LogP contribution in [0.1, 0.15) is 200 Å². The summed E-state index contributed by atoms with van der Waals surface area (Å²) in [5, 5.41) is 9.29. The number of rotatable bonds is 33. The summed E-state index contributed by atoms with van der Waals surface area (Å²) in [6.45, 7) is 4.57. The van der Waals surface area contributed by atoms with Crippen molar-refractivity contribution in [1.29, 1.82) is 0 Å². The Morgan fingerprint density at radius 1 is 0.537 bits per heavy atom. The van der Waals surface area contributed by atoms with E-state index in [4.69, 9.17) is 4.74 Å². The molecule has 0 aromatic rings. The van der Waals surface area contributed by atoms with Crippen LogP contribution in [0.15, 0.2) is 12.2 Å². The number of allylic oxidation sites excluding steroid dienone is 1. The van der Waals surface area contributed by atoms with Gasteiger partial charge in [-0.25, -0.2) is 0 Å². The molecule has 41 heavy (non-hydrogen) atoms. The van der Waals surface area contributed by atoms with Crippen molar-refractivity contribution in [3.05, 3.63) is 12.2 Å². The lowest BCUT2D eigenvalue weighted by Crippen LogP contribution is -2.17. The van der Waals surface area contributed by atoms with Crippen molar-refractivity contribution in [2.45, 2.75) is 200 Å². The third-order valence-electron chi connectivity index (χ3n) is 8.26. The zero-order valence-corrected chi connectivity index (χ0v) is 27.6. The van der Waals surface area contributed by atoms with Gasteiger partial charge in [0, 0.05) is 0 Å². The Hall–Kier alpha value is -1.32. The minimum atomic E-state index is -0.959. The summed E-state index contributed by atoms with van der Waals surface area (Å²) in [6, 6.07) is 0. The zero-order chi connectivity index (χ0) is 30.1. The predicted octanol–water partition coefficient (Wildman–Crippen LogP) is 12.1. The molecule has 0 aliphatic carbocycles. The third kappa shape index (κ3) is 31.4. The van der Waals surface area contributed by atoms with E-state index in [1.165, 1.54) is 161 Å². The molecule has 0 amide bonds. The lowest BCUT2D eigenvalue weighted by molar-refractivity contribution is -0.150. The molecule has 0 aromatic carbocycles. The molecule has 0 saturated carbocycles. The molecule has 0 heterocycles. The second-order valence-electron chi connectivity index (χ2n) is 12.4. The van der Waals surface area contributed by atoms with Gasteiger partial charge in [0.15, 0.2) is 0 Å². The summed E-state index contributed by atoms with van der Waals surface area (Å²) in [4.78, 5) is 23.0. The Morgan fingerprint density at radius 2 is 0.878 bits per heavy atom. The number of hydrogen-bond donors (Lipinski definition) is 1. The molecule has 0 aliphatic rings. The monoisotopic (exact) mass is 579 g/mol. The van der Waals surface area contributed by atoms with Gasteiger partial charge < -0.3 is 9.84 Å². The number of ether oxygens (including phenoxy) is 1. The van der Waals surface area contributed by atoms with Gasteiger partial charge in [0.25, 0.3) is 0 Å². The summed E-state index contributed by atoms with van der Waals surface area (Å²) in [5.74, 6) is -2.16. The van der Waals surface area contributed by atoms with Gasteiger partial charge in [-0.3, -0.25) is 9.59 Å². The van der Waals surface area contributed by atoms with Crippen LogP contribution in [0.3, 0.4) is 0 Å². The summed E-state index contributed by atoms with van der Waals surface area (Å²) >= 11 is 0. The van der Waals surface area contributed by atoms with Crippen molar-refractivity contribution in [1.82, 2.24) is 0 Å². The average molecular weight is 579 g/mol. The molecule has 0 bridgehead atoms. The maximum absolute atomic E-state index is 11.7. The van der Waals surface area contributed by atoms with Crippen molar-refractivity contribution >= 4 is 11.9 Å². The van der Waals surface area contributed by atoms with Crippen molar-refractivity contribution in [3.63, 3.8) is 0 Å². The topological polar surface area (TPSA) is 63.6 Å². The van der Waals surface area contributed by atoms with Gasteiger partial charge in [-0.05, 0) is 19.3 Å². The van der Waals surface area contributed by atoms with E-state index in [1.807, 2.05) is 13.0 Å². The number of carbonyl (C=O) groups is 2. The molecule has 0 fully saturated rings. The first kappa shape index (κ1) is 39.7. The van der Waals surface area contributed by atoms with Crippen molar-refractivity contribution < 1.29 is 19.4 Å². The van der Waals surface area contributed by atoms with Crippen molar-refractivity contribution in [2.75, 3.05) is 6.61 Å². The summed E-state index contributed by atoms with van der Waals surface area (Å²) in [6.07, 6.45) is 41.5. The molecule has 1 atom stereocenters. The SMILES string of the molecule is CCCCCCCCCCCCCCCCCCCCCCCCCCCC/C=C/C(CC(=O)OCCC)C(=O)O. The fraction of sp³-hybridized carbons (Fsp3) is 0.892. The van der Waals surface area contributed by atoms with Crippen LogP contribution < -0.4 is 0 Å². The molecular weight excluding hydrogens is 508 g/mol. The smallest absolute Gasteiger partial charge is 0.310 e. The van der Waals surface area contributed by atoms with Crippen LogP contribution in [0.4, 0.5) is 0 Å². The van der Waals surface area contributed by atoms with E-state index in [0.29, 0.717) is 6.61 Å². The first-order valence-corrected chi connectivity index (χ1v) is 18.2. The van der Waals surface area contributed by atoms with E-state index in [0.717, 1.165) is 19.3 Å². The summed E-state index contributed by atoms with van der Waals surface area (Å²) in [5.41, 5.74) is 0. The lowest BCUT2D eigenvalue weighted by Gasteiger charge is -2.07. The van der Waals surface area contributed by atoms with Crippen LogP contribution in [0.25, 0.3) is 0 Å². The molecule has 4 nitrogen and oxygen atoms in total. The molecule has 242 valence electrons. The van der Waals surface area contributed by atoms with Gasteiger partial charge in [-0.1, -0.05) is 187 Å². The second-order valence-corrected chi connectivity index (χ2v) is 12.4. The Labute approximate surface area is 255 Å². The minimum Gasteiger partial charge on any atom is -0.481 e. The normalized spacial score (nSPS) is 12.2. The number of carboxylic acid groups (broad SMARTS) is 1. The fourth-order valence-electron chi connectivity index (χ4n) is 5.53. The number of carbonyl (C=O) groups excluding carboxylic acids is 1. The average Bonchev–Trinajstić information content (AvgIpc) is 2.96. The summed E-state index contributed by atoms with van der Waals surface area (Å²) < 4.78 is 5.00. The number of aliphatic carboxylic acids is 1. The molecule has 0 rings (SSSR count). The van der Waals surface area contributed by atoms with E-state index in [1.54, 1.807) is 6.08 Å². The molecule has 0 radical (unpaired) electrons. The second kappa shape index (κ2) is 33.2. The molecule has 0 spiro atoms. The molecule has 0 aromatic heterocycles. The quantitative estimate of drug-likeness (QED) is 0.0478. The molecular formula is C37H70O4. The lowest BCUT2D eigenvalue weighted by atomic mass is 10.0. The van der Waals surface area contributed by atoms with Crippen LogP contribution >= 0.6 is 0 Å². The standard InChI is InChI=1S/C37H70O4/c1-3-5-6-7-8-9-10-11-12-13-14-15-16-17-18-19-20-21-22-23-24-25-26-27-28-29-30-31-32-35(37(39)40)34-36(38)41-33-4-2/h31-32,35H,3-30,33-34H2,1-2H3,(H,39,40)/b32-31+. The Bertz CT molecular complexity index is 585. The van der Waals surface area contributed by atoms with Crippen LogP contribution in [-0.2, 0) is 14.3 Å². The first-order valence-electron chi connectivity index (χ1n) is 18.2. The van der Waals surface area contributed by atoms with Gasteiger partial charge in [0.1, 0.15) is 0 Å². The largest absolute Gasteiger partial charge is 0.481 e. The van der Waals surface area contributed by atoms with Gasteiger partial charge in [-0.15, -0.1) is 0 Å². The van der Waals surface area contributed by atoms with Crippen LogP contribution in [0, 0.1) is 5.92 Å².